The van der Waals surface area contributed by atoms with E-state index in [4.69, 9.17) is 5.84 Å². The van der Waals surface area contributed by atoms with Crippen molar-refractivity contribution in [1.29, 1.82) is 0 Å². The smallest absolute Gasteiger partial charge is 0.300 e. The first kappa shape index (κ1) is 17.6. The van der Waals surface area contributed by atoms with Crippen LogP contribution in [0.5, 0.6) is 0 Å². The predicted molar refractivity (Wildman–Crippen MR) is 85.7 cm³/mol. The lowest BCUT2D eigenvalue weighted by Crippen LogP contribution is -2.46. The normalized spacial score (nSPS) is 15.2. The molecule has 1 heterocycles. The SMILES string of the molecule is CCN1CCN(c2c([N+](=O)[O-])cc(C(=O)NN)cc2[N+](=O)[O-])CC1. The van der Waals surface area contributed by atoms with Crippen LogP contribution in [0.15, 0.2) is 12.1 Å². The molecule has 24 heavy (non-hydrogen) atoms. The first-order chi connectivity index (χ1) is 11.4. The highest BCUT2D eigenvalue weighted by molar-refractivity contribution is 5.97. The van der Waals surface area contributed by atoms with Gasteiger partial charge in [0.1, 0.15) is 0 Å². The van der Waals surface area contributed by atoms with Gasteiger partial charge in [-0.2, -0.15) is 0 Å². The molecule has 1 fully saturated rings. The molecule has 1 aliphatic rings. The van der Waals surface area contributed by atoms with Crippen LogP contribution in [0.1, 0.15) is 17.3 Å². The Hall–Kier alpha value is -2.79. The topological polar surface area (TPSA) is 148 Å². The van der Waals surface area contributed by atoms with Crippen molar-refractivity contribution < 1.29 is 14.6 Å². The first-order valence-electron chi connectivity index (χ1n) is 7.34. The molecule has 0 atom stereocenters. The van der Waals surface area contributed by atoms with Crippen LogP contribution in [0.2, 0.25) is 0 Å². The second-order valence-corrected chi connectivity index (χ2v) is 5.27. The molecule has 130 valence electrons. The van der Waals surface area contributed by atoms with E-state index in [1.807, 2.05) is 12.3 Å². The number of carbonyl (C=O) groups is 1. The van der Waals surface area contributed by atoms with Gasteiger partial charge in [-0.3, -0.25) is 30.4 Å². The van der Waals surface area contributed by atoms with E-state index in [1.54, 1.807) is 4.90 Å². The van der Waals surface area contributed by atoms with E-state index in [2.05, 4.69) is 4.90 Å². The third kappa shape index (κ3) is 3.41. The van der Waals surface area contributed by atoms with Crippen molar-refractivity contribution in [2.75, 3.05) is 37.6 Å². The van der Waals surface area contributed by atoms with Gasteiger partial charge in [0.05, 0.1) is 15.4 Å². The number of hydrogen-bond acceptors (Lipinski definition) is 8. The Morgan fingerprint density at radius 2 is 1.67 bits per heavy atom. The summed E-state index contributed by atoms with van der Waals surface area (Å²) >= 11 is 0. The zero-order chi connectivity index (χ0) is 17.9. The van der Waals surface area contributed by atoms with Crippen molar-refractivity contribution in [2.24, 2.45) is 5.84 Å². The maximum Gasteiger partial charge on any atom is 0.300 e. The third-order valence-electron chi connectivity index (χ3n) is 3.99. The monoisotopic (exact) mass is 338 g/mol. The number of nitrogen functional groups attached to an aromatic ring is 1. The maximum absolute atomic E-state index is 11.6. The van der Waals surface area contributed by atoms with E-state index < -0.39 is 27.1 Å². The Morgan fingerprint density at radius 1 is 1.17 bits per heavy atom. The number of benzene rings is 1. The van der Waals surface area contributed by atoms with Crippen LogP contribution in [-0.4, -0.2) is 53.4 Å². The number of nitrogens with two attached hydrogens (primary N) is 1. The highest BCUT2D eigenvalue weighted by atomic mass is 16.6. The molecule has 0 saturated carbocycles. The number of anilines is 1. The molecule has 0 unspecified atom stereocenters. The van der Waals surface area contributed by atoms with Crippen molar-refractivity contribution in [1.82, 2.24) is 10.3 Å². The highest BCUT2D eigenvalue weighted by Gasteiger charge is 2.33. The zero-order valence-electron chi connectivity index (χ0n) is 13.1. The van der Waals surface area contributed by atoms with Gasteiger partial charge in [0, 0.05) is 38.3 Å². The number of amides is 1. The Kier molecular flexibility index (Phi) is 5.26. The van der Waals surface area contributed by atoms with Gasteiger partial charge in [-0.05, 0) is 6.54 Å². The Bertz CT molecular complexity index is 636. The Balaban J connectivity index is 2.54. The van der Waals surface area contributed by atoms with E-state index in [-0.39, 0.29) is 11.3 Å². The molecule has 0 bridgehead atoms. The standard InChI is InChI=1S/C13H18N6O5/c1-2-16-3-5-17(6-4-16)12-10(18(21)22)7-9(13(20)15-14)8-11(12)19(23)24/h7-8H,2-6,14H2,1H3,(H,15,20). The average Bonchev–Trinajstić information content (AvgIpc) is 2.59. The number of likely N-dealkylation sites (N-methyl/N-ethyl adjacent to an activating group) is 1. The minimum absolute atomic E-state index is 0.0747. The number of piperazine rings is 1. The summed E-state index contributed by atoms with van der Waals surface area (Å²) in [5.74, 6) is 4.18. The maximum atomic E-state index is 11.6. The molecule has 11 heteroatoms. The van der Waals surface area contributed by atoms with Crippen molar-refractivity contribution in [3.8, 4) is 0 Å². The molecular weight excluding hydrogens is 320 g/mol. The second kappa shape index (κ2) is 7.19. The van der Waals surface area contributed by atoms with Crippen LogP contribution < -0.4 is 16.2 Å². The Morgan fingerprint density at radius 3 is 2.04 bits per heavy atom. The number of nitrogens with one attached hydrogen (secondary N) is 1. The van der Waals surface area contributed by atoms with E-state index >= 15 is 0 Å². The summed E-state index contributed by atoms with van der Waals surface area (Å²) in [6.45, 7) is 5.00. The minimum Gasteiger partial charge on any atom is -0.358 e. The number of carbonyl (C=O) groups excluding carboxylic acids is 1. The summed E-state index contributed by atoms with van der Waals surface area (Å²) in [6, 6.07) is 2.02. The number of nitro groups is 2. The quantitative estimate of drug-likeness (QED) is 0.336. The minimum atomic E-state index is -0.830. The first-order valence-corrected chi connectivity index (χ1v) is 7.34. The Labute approximate surface area is 137 Å². The van der Waals surface area contributed by atoms with Gasteiger partial charge in [-0.1, -0.05) is 6.92 Å². The van der Waals surface area contributed by atoms with Crippen LogP contribution >= 0.6 is 0 Å². The van der Waals surface area contributed by atoms with E-state index in [0.717, 1.165) is 18.7 Å². The van der Waals surface area contributed by atoms with Crippen molar-refractivity contribution >= 4 is 23.0 Å². The summed E-state index contributed by atoms with van der Waals surface area (Å²) in [7, 11) is 0. The molecule has 1 saturated heterocycles. The molecule has 3 N–H and O–H groups in total. The largest absolute Gasteiger partial charge is 0.358 e. The second-order valence-electron chi connectivity index (χ2n) is 5.27. The molecule has 0 spiro atoms. The lowest BCUT2D eigenvalue weighted by molar-refractivity contribution is -0.392. The summed E-state index contributed by atoms with van der Waals surface area (Å²) < 4.78 is 0. The van der Waals surface area contributed by atoms with Gasteiger partial charge in [-0.25, -0.2) is 5.84 Å². The molecule has 0 radical (unpaired) electrons. The summed E-state index contributed by atoms with van der Waals surface area (Å²) in [5.41, 5.74) is 0.559. The van der Waals surface area contributed by atoms with E-state index in [0.29, 0.717) is 26.2 Å². The van der Waals surface area contributed by atoms with Gasteiger partial charge in [-0.15, -0.1) is 0 Å². The molecular formula is C13H18N6O5. The molecule has 0 aliphatic carbocycles. The van der Waals surface area contributed by atoms with E-state index in [9.17, 15) is 25.0 Å². The summed E-state index contributed by atoms with van der Waals surface area (Å²) in [6.07, 6.45) is 0. The van der Waals surface area contributed by atoms with Gasteiger partial charge >= 0.3 is 0 Å². The highest BCUT2D eigenvalue weighted by Crippen LogP contribution is 2.39. The number of hydrogen-bond donors (Lipinski definition) is 2. The molecule has 2 rings (SSSR count). The zero-order valence-corrected chi connectivity index (χ0v) is 13.1. The summed E-state index contributed by atoms with van der Waals surface area (Å²) in [4.78, 5) is 36.8. The predicted octanol–water partition coefficient (Wildman–Crippen LogP) is 0.248. The average molecular weight is 338 g/mol. The fourth-order valence-electron chi connectivity index (χ4n) is 2.71. The third-order valence-corrected chi connectivity index (χ3v) is 3.99. The number of nitro benzene ring substituents is 2. The molecule has 1 aromatic carbocycles. The van der Waals surface area contributed by atoms with E-state index in [1.165, 1.54) is 0 Å². The fraction of sp³-hybridized carbons (Fsp3) is 0.462. The van der Waals surface area contributed by atoms with Crippen LogP contribution in [-0.2, 0) is 0 Å². The summed E-state index contributed by atoms with van der Waals surface area (Å²) in [5, 5.41) is 22.8. The van der Waals surface area contributed by atoms with Crippen molar-refractivity contribution in [3.05, 3.63) is 37.9 Å². The number of hydrazine groups is 1. The fourth-order valence-corrected chi connectivity index (χ4v) is 2.71. The van der Waals surface area contributed by atoms with Crippen LogP contribution in [0, 0.1) is 20.2 Å². The molecule has 1 aromatic rings. The van der Waals surface area contributed by atoms with Gasteiger partial charge < -0.3 is 9.80 Å². The van der Waals surface area contributed by atoms with Crippen molar-refractivity contribution in [3.63, 3.8) is 0 Å². The number of rotatable bonds is 5. The molecule has 11 nitrogen and oxygen atoms in total. The van der Waals surface area contributed by atoms with Gasteiger partial charge in [0.25, 0.3) is 17.3 Å². The van der Waals surface area contributed by atoms with Crippen LogP contribution in [0.4, 0.5) is 17.1 Å². The van der Waals surface area contributed by atoms with Crippen LogP contribution in [0.3, 0.4) is 0 Å². The molecule has 1 aliphatic heterocycles. The number of nitrogens with zero attached hydrogens (tertiary/aromatic N) is 4. The van der Waals surface area contributed by atoms with Crippen LogP contribution in [0.25, 0.3) is 0 Å². The lowest BCUT2D eigenvalue weighted by Gasteiger charge is -2.34. The van der Waals surface area contributed by atoms with Gasteiger partial charge in [0.15, 0.2) is 5.69 Å². The van der Waals surface area contributed by atoms with Crippen molar-refractivity contribution in [2.45, 2.75) is 6.92 Å². The molecule has 0 aromatic heterocycles. The lowest BCUT2D eigenvalue weighted by atomic mass is 10.1. The van der Waals surface area contributed by atoms with Gasteiger partial charge in [0.2, 0.25) is 0 Å². The molecule has 1 amide bonds.